The quantitative estimate of drug-likeness (QED) is 0.426. The predicted octanol–water partition coefficient (Wildman–Crippen LogP) is 6.33. The molecule has 36 heavy (non-hydrogen) atoms. The maximum Gasteiger partial charge on any atom is 0.253 e. The Balaban J connectivity index is 1.62. The van der Waals surface area contributed by atoms with Gasteiger partial charge in [-0.25, -0.2) is 0 Å². The molecule has 3 aromatic rings. The molecular weight excluding hydrogens is 448 g/mol. The summed E-state index contributed by atoms with van der Waals surface area (Å²) < 4.78 is 7.86. The lowest BCUT2D eigenvalue weighted by atomic mass is 9.88. The molecule has 0 atom stereocenters. The number of nitrogens with zero attached hydrogens (tertiary/aromatic N) is 1. The van der Waals surface area contributed by atoms with Crippen LogP contribution in [0.5, 0.6) is 0 Å². The highest BCUT2D eigenvalue weighted by atomic mass is 16.5. The van der Waals surface area contributed by atoms with Crippen molar-refractivity contribution in [2.24, 2.45) is 5.92 Å². The predicted molar refractivity (Wildman–Crippen MR) is 145 cm³/mol. The minimum Gasteiger partial charge on any atom is -0.386 e. The van der Waals surface area contributed by atoms with Crippen LogP contribution in [-0.4, -0.2) is 34.8 Å². The minimum absolute atomic E-state index is 0.00555. The number of benzene rings is 2. The van der Waals surface area contributed by atoms with Crippen molar-refractivity contribution in [3.05, 3.63) is 59.3 Å². The van der Waals surface area contributed by atoms with Crippen molar-refractivity contribution < 1.29 is 14.6 Å². The monoisotopic (exact) mass is 488 g/mol. The Morgan fingerprint density at radius 1 is 1.06 bits per heavy atom. The van der Waals surface area contributed by atoms with E-state index in [4.69, 9.17) is 4.74 Å². The summed E-state index contributed by atoms with van der Waals surface area (Å²) in [6, 6.07) is 14.8. The fourth-order valence-corrected chi connectivity index (χ4v) is 5.94. The van der Waals surface area contributed by atoms with Gasteiger partial charge in [-0.15, -0.1) is 0 Å². The first-order chi connectivity index (χ1) is 17.3. The van der Waals surface area contributed by atoms with Gasteiger partial charge in [0.05, 0.1) is 11.2 Å². The average molecular weight is 489 g/mol. The lowest BCUT2D eigenvalue weighted by molar-refractivity contribution is 0.0695. The highest BCUT2D eigenvalue weighted by Gasteiger charge is 2.26. The molecule has 2 N–H and O–H groups in total. The number of nitrogens with one attached hydrogen (secondary N) is 1. The smallest absolute Gasteiger partial charge is 0.253 e. The fourth-order valence-electron chi connectivity index (χ4n) is 5.94. The van der Waals surface area contributed by atoms with Crippen molar-refractivity contribution in [3.8, 4) is 11.3 Å². The second-order valence-corrected chi connectivity index (χ2v) is 11.3. The summed E-state index contributed by atoms with van der Waals surface area (Å²) in [6.07, 6.45) is 8.10. The van der Waals surface area contributed by atoms with Crippen LogP contribution in [-0.2, 0) is 16.9 Å². The molecule has 0 spiro atoms. The van der Waals surface area contributed by atoms with Crippen molar-refractivity contribution in [2.45, 2.75) is 83.9 Å². The zero-order valence-corrected chi connectivity index (χ0v) is 22.0. The molecule has 2 aromatic carbocycles. The number of hydrogen-bond acceptors (Lipinski definition) is 3. The Morgan fingerprint density at radius 2 is 1.78 bits per heavy atom. The van der Waals surface area contributed by atoms with E-state index in [2.05, 4.69) is 53.2 Å². The number of ether oxygens (including phenoxy) is 1. The molecule has 0 unspecified atom stereocenters. The van der Waals surface area contributed by atoms with Crippen LogP contribution in [0.1, 0.15) is 80.4 Å². The van der Waals surface area contributed by atoms with Gasteiger partial charge in [-0.1, -0.05) is 43.5 Å². The summed E-state index contributed by atoms with van der Waals surface area (Å²) in [5.74, 6) is 0.629. The lowest BCUT2D eigenvalue weighted by Gasteiger charge is -2.25. The van der Waals surface area contributed by atoms with Crippen molar-refractivity contribution in [1.82, 2.24) is 9.88 Å². The zero-order chi connectivity index (χ0) is 25.3. The largest absolute Gasteiger partial charge is 0.386 e. The van der Waals surface area contributed by atoms with Gasteiger partial charge in [0, 0.05) is 42.8 Å². The van der Waals surface area contributed by atoms with Gasteiger partial charge in [-0.05, 0) is 86.9 Å². The summed E-state index contributed by atoms with van der Waals surface area (Å²) in [5, 5.41) is 16.4. The lowest BCUT2D eigenvalue weighted by Crippen LogP contribution is -2.39. The first-order valence-corrected chi connectivity index (χ1v) is 13.7. The summed E-state index contributed by atoms with van der Waals surface area (Å²) in [5.41, 5.74) is 3.85. The van der Waals surface area contributed by atoms with Crippen LogP contribution in [0, 0.1) is 12.8 Å². The van der Waals surface area contributed by atoms with Gasteiger partial charge in [0.2, 0.25) is 0 Å². The Morgan fingerprint density at radius 3 is 2.50 bits per heavy atom. The van der Waals surface area contributed by atoms with Crippen molar-refractivity contribution >= 4 is 16.7 Å². The molecular formula is C31H40N2O3. The average Bonchev–Trinajstić information content (AvgIpc) is 3.20. The highest BCUT2D eigenvalue weighted by molar-refractivity contribution is 6.01. The number of rotatable bonds is 6. The van der Waals surface area contributed by atoms with Gasteiger partial charge in [0.15, 0.2) is 0 Å². The summed E-state index contributed by atoms with van der Waals surface area (Å²) in [6.45, 7) is 8.08. The first kappa shape index (κ1) is 25.0. The fraction of sp³-hybridized carbons (Fsp3) is 0.516. The van der Waals surface area contributed by atoms with E-state index in [9.17, 15) is 9.90 Å². The molecule has 2 fully saturated rings. The van der Waals surface area contributed by atoms with E-state index in [0.29, 0.717) is 19.1 Å². The second kappa shape index (κ2) is 10.4. The number of amides is 1. The molecule has 0 radical (unpaired) electrons. The van der Waals surface area contributed by atoms with E-state index in [-0.39, 0.29) is 11.9 Å². The van der Waals surface area contributed by atoms with Crippen LogP contribution in [0.25, 0.3) is 22.0 Å². The molecule has 5 rings (SSSR count). The summed E-state index contributed by atoms with van der Waals surface area (Å²) in [4.78, 5) is 13.5. The first-order valence-electron chi connectivity index (χ1n) is 13.7. The molecule has 1 aromatic heterocycles. The van der Waals surface area contributed by atoms with Crippen molar-refractivity contribution in [1.29, 1.82) is 0 Å². The molecule has 2 heterocycles. The summed E-state index contributed by atoms with van der Waals surface area (Å²) >= 11 is 0. The summed E-state index contributed by atoms with van der Waals surface area (Å²) in [7, 11) is 0. The molecule has 2 aliphatic rings. The topological polar surface area (TPSA) is 63.5 Å². The standard InChI is InChI=1S/C31H40N2O3/c1-21-27(30(34)32-25-13-15-36-16-14-25)19-29(33(21)20-22-9-5-4-6-10-22)28-18-24(31(2,3)35)17-23-11-7-8-12-26(23)28/h7-8,11-12,17-19,22,25,35H,4-6,9-10,13-16,20H2,1-3H3,(H,32,34). The maximum atomic E-state index is 13.5. The highest BCUT2D eigenvalue weighted by Crippen LogP contribution is 2.37. The molecule has 0 bridgehead atoms. The van der Waals surface area contributed by atoms with Gasteiger partial charge in [-0.2, -0.15) is 0 Å². The van der Waals surface area contributed by atoms with Gasteiger partial charge < -0.3 is 19.7 Å². The molecule has 192 valence electrons. The molecule has 5 heteroatoms. The van der Waals surface area contributed by atoms with E-state index < -0.39 is 5.60 Å². The SMILES string of the molecule is Cc1c(C(=O)NC2CCOCC2)cc(-c2cc(C(C)(C)O)cc3ccccc23)n1CC1CCCCC1. The van der Waals surface area contributed by atoms with Crippen LogP contribution in [0.15, 0.2) is 42.5 Å². The number of carbonyl (C=O) groups excluding carboxylic acids is 1. The van der Waals surface area contributed by atoms with Crippen LogP contribution >= 0.6 is 0 Å². The third kappa shape index (κ3) is 5.23. The van der Waals surface area contributed by atoms with E-state index in [1.807, 2.05) is 19.9 Å². The molecule has 5 nitrogen and oxygen atoms in total. The third-order valence-corrected chi connectivity index (χ3v) is 8.18. The Bertz CT molecular complexity index is 1220. The Kier molecular flexibility index (Phi) is 7.23. The maximum absolute atomic E-state index is 13.5. The van der Waals surface area contributed by atoms with Crippen LogP contribution in [0.2, 0.25) is 0 Å². The van der Waals surface area contributed by atoms with E-state index in [1.54, 1.807) is 0 Å². The van der Waals surface area contributed by atoms with Gasteiger partial charge in [0.1, 0.15) is 0 Å². The minimum atomic E-state index is -0.960. The van der Waals surface area contributed by atoms with Crippen LogP contribution in [0.3, 0.4) is 0 Å². The normalized spacial score (nSPS) is 18.0. The molecule has 1 aliphatic heterocycles. The second-order valence-electron chi connectivity index (χ2n) is 11.3. The number of hydrogen-bond donors (Lipinski definition) is 2. The molecule has 1 amide bonds. The van der Waals surface area contributed by atoms with E-state index in [1.165, 1.54) is 32.1 Å². The third-order valence-electron chi connectivity index (χ3n) is 8.18. The zero-order valence-electron chi connectivity index (χ0n) is 22.0. The number of fused-ring (bicyclic) bond motifs is 1. The number of aromatic nitrogens is 1. The van der Waals surface area contributed by atoms with Gasteiger partial charge in [-0.3, -0.25) is 4.79 Å². The molecule has 1 saturated carbocycles. The van der Waals surface area contributed by atoms with E-state index in [0.717, 1.165) is 58.2 Å². The Labute approximate surface area is 214 Å². The number of aliphatic hydroxyl groups is 1. The van der Waals surface area contributed by atoms with Gasteiger partial charge >= 0.3 is 0 Å². The van der Waals surface area contributed by atoms with Crippen molar-refractivity contribution in [3.63, 3.8) is 0 Å². The van der Waals surface area contributed by atoms with Crippen LogP contribution in [0.4, 0.5) is 0 Å². The Hall–Kier alpha value is -2.63. The molecule has 1 saturated heterocycles. The number of carbonyl (C=O) groups is 1. The van der Waals surface area contributed by atoms with E-state index >= 15 is 0 Å². The molecule has 1 aliphatic carbocycles. The van der Waals surface area contributed by atoms with Crippen molar-refractivity contribution in [2.75, 3.05) is 13.2 Å². The van der Waals surface area contributed by atoms with Gasteiger partial charge in [0.25, 0.3) is 5.91 Å². The van der Waals surface area contributed by atoms with Crippen LogP contribution < -0.4 is 5.32 Å².